The maximum Gasteiger partial charge on any atom is 0.338 e. The molecular formula is C31H28F2N2O5S. The predicted octanol–water partition coefficient (Wildman–Crippen LogP) is 5.55. The molecule has 1 aliphatic carbocycles. The van der Waals surface area contributed by atoms with Crippen molar-refractivity contribution in [1.29, 1.82) is 0 Å². The zero-order chi connectivity index (χ0) is 29.3. The molecule has 2 N–H and O–H groups in total. The molecule has 0 bridgehead atoms. The maximum absolute atomic E-state index is 15.5. The summed E-state index contributed by atoms with van der Waals surface area (Å²) in [7, 11) is 0. The minimum atomic E-state index is -1.30. The lowest BCUT2D eigenvalue weighted by molar-refractivity contribution is -0.152. The molecule has 3 atom stereocenters. The van der Waals surface area contributed by atoms with Crippen molar-refractivity contribution in [3.63, 3.8) is 0 Å². The van der Waals surface area contributed by atoms with Crippen LogP contribution < -0.4 is 10.6 Å². The van der Waals surface area contributed by atoms with Gasteiger partial charge in [0.2, 0.25) is 0 Å². The lowest BCUT2D eigenvalue weighted by Gasteiger charge is -2.43. The van der Waals surface area contributed by atoms with E-state index in [1.54, 1.807) is 32.0 Å². The highest BCUT2D eigenvalue weighted by molar-refractivity contribution is 7.10. The van der Waals surface area contributed by atoms with Crippen molar-refractivity contribution >= 4 is 34.7 Å². The van der Waals surface area contributed by atoms with Crippen molar-refractivity contribution in [1.82, 2.24) is 0 Å². The van der Waals surface area contributed by atoms with Gasteiger partial charge in [-0.3, -0.25) is 14.5 Å². The Morgan fingerprint density at radius 3 is 2.29 bits per heavy atom. The van der Waals surface area contributed by atoms with E-state index < -0.39 is 47.1 Å². The molecular weight excluding hydrogens is 550 g/mol. The number of halogens is 2. The van der Waals surface area contributed by atoms with Crippen LogP contribution in [0.4, 0.5) is 14.5 Å². The van der Waals surface area contributed by atoms with Crippen LogP contribution in [-0.4, -0.2) is 30.9 Å². The fraction of sp³-hybridized carbons (Fsp3) is 0.258. The van der Waals surface area contributed by atoms with Gasteiger partial charge >= 0.3 is 11.9 Å². The number of thiophene rings is 1. The molecule has 0 saturated carbocycles. The second-order valence-electron chi connectivity index (χ2n) is 9.54. The Bertz CT molecular complexity index is 1570. The molecule has 2 heterocycles. The molecule has 2 aliphatic rings. The number of hydrogen-bond acceptors (Lipinski definition) is 8. The van der Waals surface area contributed by atoms with E-state index in [2.05, 4.69) is 0 Å². The molecule has 0 unspecified atom stereocenters. The Balaban J connectivity index is 1.84. The summed E-state index contributed by atoms with van der Waals surface area (Å²) < 4.78 is 41.5. The number of Topliss-reactive ketones (excluding diaryl/α,β-unsaturated/α-hetero) is 1. The average Bonchev–Trinajstić information content (AvgIpc) is 3.49. The molecule has 0 saturated heterocycles. The average molecular weight is 579 g/mol. The van der Waals surface area contributed by atoms with Gasteiger partial charge in [-0.1, -0.05) is 36.4 Å². The SMILES string of the molecule is CCOC(=O)C1=C(N)N(c2ccccc2F)C2=C(C(=O)[C@H](C(=O)OCC)[C@@H](c3cccs3)C2)[C@H]1c1ccccc1F. The zero-order valence-electron chi connectivity index (χ0n) is 22.4. The number of anilines is 1. The van der Waals surface area contributed by atoms with Crippen molar-refractivity contribution < 1.29 is 32.6 Å². The molecule has 7 nitrogen and oxygen atoms in total. The molecule has 2 aromatic carbocycles. The molecule has 0 radical (unpaired) electrons. The largest absolute Gasteiger partial charge is 0.465 e. The van der Waals surface area contributed by atoms with E-state index in [1.165, 1.54) is 52.6 Å². The van der Waals surface area contributed by atoms with Gasteiger partial charge < -0.3 is 15.2 Å². The lowest BCUT2D eigenvalue weighted by atomic mass is 9.68. The van der Waals surface area contributed by atoms with Crippen molar-refractivity contribution in [2.45, 2.75) is 32.1 Å². The quantitative estimate of drug-likeness (QED) is 0.290. The van der Waals surface area contributed by atoms with Crippen LogP contribution in [0.15, 0.2) is 88.7 Å². The fourth-order valence-corrected chi connectivity index (χ4v) is 6.50. The van der Waals surface area contributed by atoms with E-state index in [9.17, 15) is 14.4 Å². The first-order valence-corrected chi connectivity index (χ1v) is 14.1. The number of nitrogens with zero attached hydrogens (tertiary/aromatic N) is 1. The molecule has 1 aromatic heterocycles. The Hall–Kier alpha value is -4.31. The van der Waals surface area contributed by atoms with Gasteiger partial charge in [-0.05, 0) is 49.9 Å². The minimum Gasteiger partial charge on any atom is -0.465 e. The molecule has 41 heavy (non-hydrogen) atoms. The number of carbonyl (C=O) groups excluding carboxylic acids is 3. The van der Waals surface area contributed by atoms with Gasteiger partial charge in [0, 0.05) is 27.6 Å². The fourth-order valence-electron chi connectivity index (χ4n) is 5.64. The Morgan fingerprint density at radius 2 is 1.66 bits per heavy atom. The Morgan fingerprint density at radius 1 is 0.976 bits per heavy atom. The van der Waals surface area contributed by atoms with E-state index in [0.29, 0.717) is 0 Å². The molecule has 212 valence electrons. The number of benzene rings is 2. The van der Waals surface area contributed by atoms with Gasteiger partial charge in [0.1, 0.15) is 23.4 Å². The summed E-state index contributed by atoms with van der Waals surface area (Å²) in [6.07, 6.45) is 0.0706. The number of ketones is 1. The predicted molar refractivity (Wildman–Crippen MR) is 150 cm³/mol. The van der Waals surface area contributed by atoms with Gasteiger partial charge in [-0.25, -0.2) is 13.6 Å². The number of rotatable bonds is 7. The molecule has 10 heteroatoms. The normalized spacial score (nSPS) is 20.6. The Labute approximate surface area is 239 Å². The second kappa shape index (κ2) is 11.7. The van der Waals surface area contributed by atoms with Gasteiger partial charge in [-0.2, -0.15) is 0 Å². The van der Waals surface area contributed by atoms with Gasteiger partial charge in [-0.15, -0.1) is 11.3 Å². The molecule has 3 aromatic rings. The highest BCUT2D eigenvalue weighted by Crippen LogP contribution is 2.52. The number of hydrogen-bond donors (Lipinski definition) is 1. The van der Waals surface area contributed by atoms with Crippen LogP contribution in [0.25, 0.3) is 0 Å². The van der Waals surface area contributed by atoms with Crippen molar-refractivity contribution in [2.75, 3.05) is 18.1 Å². The van der Waals surface area contributed by atoms with Crippen LogP contribution in [0, 0.1) is 17.6 Å². The third-order valence-corrected chi connectivity index (χ3v) is 8.30. The number of allylic oxidation sites excluding steroid dienone is 2. The minimum absolute atomic E-state index is 0.00130. The van der Waals surface area contributed by atoms with Crippen LogP contribution in [0.5, 0.6) is 0 Å². The van der Waals surface area contributed by atoms with E-state index in [1.807, 2.05) is 11.4 Å². The summed E-state index contributed by atoms with van der Waals surface area (Å²) in [6, 6.07) is 15.2. The second-order valence-corrected chi connectivity index (χ2v) is 10.5. The van der Waals surface area contributed by atoms with Gasteiger partial charge in [0.15, 0.2) is 5.78 Å². The van der Waals surface area contributed by atoms with Crippen molar-refractivity contribution in [3.8, 4) is 0 Å². The smallest absolute Gasteiger partial charge is 0.338 e. The summed E-state index contributed by atoms with van der Waals surface area (Å²) >= 11 is 1.37. The van der Waals surface area contributed by atoms with Crippen LogP contribution >= 0.6 is 11.3 Å². The number of esters is 2. The number of nitrogens with two attached hydrogens (primary N) is 1. The van der Waals surface area contributed by atoms with E-state index >= 15 is 8.78 Å². The summed E-state index contributed by atoms with van der Waals surface area (Å²) in [6.45, 7) is 3.26. The topological polar surface area (TPSA) is 98.9 Å². The van der Waals surface area contributed by atoms with Crippen LogP contribution in [-0.2, 0) is 23.9 Å². The van der Waals surface area contributed by atoms with Crippen LogP contribution in [0.3, 0.4) is 0 Å². The summed E-state index contributed by atoms with van der Waals surface area (Å²) in [4.78, 5) is 43.5. The van der Waals surface area contributed by atoms with Crippen molar-refractivity contribution in [2.24, 2.45) is 11.7 Å². The first-order valence-electron chi connectivity index (χ1n) is 13.2. The number of para-hydroxylation sites is 1. The Kier molecular flexibility index (Phi) is 8.03. The molecule has 0 spiro atoms. The lowest BCUT2D eigenvalue weighted by Crippen LogP contribution is -2.46. The first kappa shape index (κ1) is 28.2. The highest BCUT2D eigenvalue weighted by Gasteiger charge is 2.52. The number of ether oxygens (including phenoxy) is 2. The summed E-state index contributed by atoms with van der Waals surface area (Å²) in [5.74, 6) is -7.01. The molecule has 0 amide bonds. The standard InChI is InChI=1S/C31H28F2N2O5S/c1-3-39-30(37)25-18(23-14-9-15-41-23)16-22-26(28(25)36)24(17-10-5-6-11-19(17)32)27(31(38)40-4-2)29(34)35(22)21-13-8-7-12-20(21)33/h5-15,18,24-25H,3-4,16,34H2,1-2H3/t18-,24-,25-/m1/s1. The molecule has 5 rings (SSSR count). The number of carbonyl (C=O) groups is 3. The van der Waals surface area contributed by atoms with Crippen molar-refractivity contribution in [3.05, 3.63) is 111 Å². The zero-order valence-corrected chi connectivity index (χ0v) is 23.3. The van der Waals surface area contributed by atoms with Gasteiger partial charge in [0.25, 0.3) is 0 Å². The highest BCUT2D eigenvalue weighted by atomic mass is 32.1. The van der Waals surface area contributed by atoms with E-state index in [4.69, 9.17) is 15.2 Å². The third-order valence-electron chi connectivity index (χ3n) is 7.29. The molecule has 1 aliphatic heterocycles. The van der Waals surface area contributed by atoms with Crippen LogP contribution in [0.1, 0.15) is 42.5 Å². The van der Waals surface area contributed by atoms with Crippen LogP contribution in [0.2, 0.25) is 0 Å². The summed E-state index contributed by atoms with van der Waals surface area (Å²) in [5, 5.41) is 1.83. The molecule has 0 fully saturated rings. The third kappa shape index (κ3) is 4.93. The van der Waals surface area contributed by atoms with E-state index in [-0.39, 0.29) is 53.5 Å². The first-order chi connectivity index (χ1) is 19.8. The van der Waals surface area contributed by atoms with Gasteiger partial charge in [0.05, 0.1) is 30.4 Å². The summed E-state index contributed by atoms with van der Waals surface area (Å²) in [5.41, 5.74) is 6.71. The maximum atomic E-state index is 15.5. The monoisotopic (exact) mass is 578 g/mol. The van der Waals surface area contributed by atoms with E-state index in [0.717, 1.165) is 4.88 Å².